The molecule has 8 nitrogen and oxygen atoms in total. The molecular formula is C8H11N5O3S. The van der Waals surface area contributed by atoms with E-state index >= 15 is 0 Å². The summed E-state index contributed by atoms with van der Waals surface area (Å²) in [5, 5.41) is 0.728. The molecule has 2 aromatic rings. The first-order valence-corrected chi connectivity index (χ1v) is 6.18. The van der Waals surface area contributed by atoms with Crippen molar-refractivity contribution in [2.75, 3.05) is 17.7 Å². The van der Waals surface area contributed by atoms with Crippen LogP contribution >= 0.6 is 0 Å². The smallest absolute Gasteiger partial charge is 0.261 e. The molecule has 0 unspecified atom stereocenters. The van der Waals surface area contributed by atoms with Crippen molar-refractivity contribution in [1.82, 2.24) is 15.0 Å². The molecule has 92 valence electrons. The highest BCUT2D eigenvalue weighted by atomic mass is 32.2. The molecule has 9 heteroatoms. The highest BCUT2D eigenvalue weighted by Gasteiger charge is 2.01. The fourth-order valence-electron chi connectivity index (χ4n) is 1.00. The molecule has 0 aromatic carbocycles. The molecule has 0 saturated heterocycles. The van der Waals surface area contributed by atoms with Gasteiger partial charge in [0.1, 0.15) is 5.82 Å². The van der Waals surface area contributed by atoms with Gasteiger partial charge in [-0.2, -0.15) is 18.4 Å². The Morgan fingerprint density at radius 3 is 2.47 bits per heavy atom. The van der Waals surface area contributed by atoms with Gasteiger partial charge in [0, 0.05) is 6.20 Å². The average molecular weight is 257 g/mol. The third-order valence-electron chi connectivity index (χ3n) is 1.52. The van der Waals surface area contributed by atoms with Gasteiger partial charge in [0.15, 0.2) is 5.65 Å². The topological polar surface area (TPSA) is 145 Å². The van der Waals surface area contributed by atoms with E-state index in [1.165, 1.54) is 0 Å². The number of pyridine rings is 1. The molecule has 0 amide bonds. The SMILES string of the molecule is CS(=O)(=O)O.Nc1nc(N)c2cccnc2n1. The van der Waals surface area contributed by atoms with Crippen LogP contribution in [0.1, 0.15) is 0 Å². The zero-order chi connectivity index (χ0) is 13.1. The highest BCUT2D eigenvalue weighted by Crippen LogP contribution is 2.14. The summed E-state index contributed by atoms with van der Waals surface area (Å²) >= 11 is 0. The number of aromatic nitrogens is 3. The van der Waals surface area contributed by atoms with E-state index in [0.29, 0.717) is 17.7 Å². The summed E-state index contributed by atoms with van der Waals surface area (Å²) in [5.41, 5.74) is 11.5. The van der Waals surface area contributed by atoms with Gasteiger partial charge in [-0.05, 0) is 12.1 Å². The first-order chi connectivity index (χ1) is 7.77. The molecule has 0 atom stereocenters. The van der Waals surface area contributed by atoms with E-state index in [-0.39, 0.29) is 5.95 Å². The Kier molecular flexibility index (Phi) is 3.76. The van der Waals surface area contributed by atoms with Crippen LogP contribution in [0.15, 0.2) is 18.3 Å². The zero-order valence-corrected chi connectivity index (χ0v) is 9.72. The summed E-state index contributed by atoms with van der Waals surface area (Å²) in [6.45, 7) is 0. The van der Waals surface area contributed by atoms with E-state index in [1.54, 1.807) is 18.3 Å². The van der Waals surface area contributed by atoms with Gasteiger partial charge in [-0.15, -0.1) is 0 Å². The summed E-state index contributed by atoms with van der Waals surface area (Å²) in [4.78, 5) is 11.7. The largest absolute Gasteiger partial charge is 0.383 e. The molecule has 0 fully saturated rings. The summed E-state index contributed by atoms with van der Waals surface area (Å²) in [6, 6.07) is 3.58. The molecule has 2 aromatic heterocycles. The van der Waals surface area contributed by atoms with E-state index in [2.05, 4.69) is 15.0 Å². The molecule has 5 N–H and O–H groups in total. The lowest BCUT2D eigenvalue weighted by atomic mass is 10.3. The van der Waals surface area contributed by atoms with E-state index in [0.717, 1.165) is 5.39 Å². The molecule has 0 aliphatic heterocycles. The van der Waals surface area contributed by atoms with Crippen LogP contribution in [-0.2, 0) is 10.1 Å². The Morgan fingerprint density at radius 1 is 1.29 bits per heavy atom. The van der Waals surface area contributed by atoms with Gasteiger partial charge in [0.2, 0.25) is 5.95 Å². The molecule has 0 bridgehead atoms. The van der Waals surface area contributed by atoms with Crippen molar-refractivity contribution >= 4 is 32.9 Å². The minimum absolute atomic E-state index is 0.152. The highest BCUT2D eigenvalue weighted by molar-refractivity contribution is 7.85. The molecule has 17 heavy (non-hydrogen) atoms. The normalized spacial score (nSPS) is 10.7. The number of anilines is 2. The van der Waals surface area contributed by atoms with Crippen LogP contribution in [-0.4, -0.2) is 34.2 Å². The maximum Gasteiger partial charge on any atom is 0.261 e. The monoisotopic (exact) mass is 257 g/mol. The van der Waals surface area contributed by atoms with Crippen LogP contribution in [0.25, 0.3) is 11.0 Å². The van der Waals surface area contributed by atoms with Crippen LogP contribution in [0.4, 0.5) is 11.8 Å². The maximum absolute atomic E-state index is 9.19. The number of nitrogens with two attached hydrogens (primary N) is 2. The summed E-state index contributed by atoms with van der Waals surface area (Å²) in [6.07, 6.45) is 2.35. The number of hydrogen-bond donors (Lipinski definition) is 3. The molecule has 0 spiro atoms. The van der Waals surface area contributed by atoms with Crippen LogP contribution in [0.5, 0.6) is 0 Å². The molecule has 2 rings (SSSR count). The lowest BCUT2D eigenvalue weighted by Crippen LogP contribution is -2.00. The lowest BCUT2D eigenvalue weighted by molar-refractivity contribution is 0.490. The molecule has 0 aliphatic rings. The zero-order valence-electron chi connectivity index (χ0n) is 8.90. The Balaban J connectivity index is 0.000000249. The average Bonchev–Trinajstić information content (AvgIpc) is 2.14. The summed E-state index contributed by atoms with van der Waals surface area (Å²) in [5.74, 6) is 0.518. The number of hydrogen-bond acceptors (Lipinski definition) is 7. The minimum atomic E-state index is -3.67. The van der Waals surface area contributed by atoms with E-state index in [4.69, 9.17) is 16.0 Å². The number of fused-ring (bicyclic) bond motifs is 1. The Morgan fingerprint density at radius 2 is 1.88 bits per heavy atom. The Hall–Kier alpha value is -2.00. The summed E-state index contributed by atoms with van der Waals surface area (Å²) in [7, 11) is -3.67. The second kappa shape index (κ2) is 4.89. The maximum atomic E-state index is 9.19. The van der Waals surface area contributed by atoms with Crippen molar-refractivity contribution in [3.63, 3.8) is 0 Å². The lowest BCUT2D eigenvalue weighted by Gasteiger charge is -1.99. The first kappa shape index (κ1) is 13.1. The van der Waals surface area contributed by atoms with Crippen LogP contribution in [0.2, 0.25) is 0 Å². The predicted molar refractivity (Wildman–Crippen MR) is 63.6 cm³/mol. The van der Waals surface area contributed by atoms with Crippen molar-refractivity contribution in [1.29, 1.82) is 0 Å². The van der Waals surface area contributed by atoms with Crippen molar-refractivity contribution in [2.45, 2.75) is 0 Å². The predicted octanol–water partition coefficient (Wildman–Crippen LogP) is -0.307. The molecule has 0 saturated carbocycles. The first-order valence-electron chi connectivity index (χ1n) is 4.33. The van der Waals surface area contributed by atoms with Crippen LogP contribution in [0, 0.1) is 0 Å². The van der Waals surface area contributed by atoms with Gasteiger partial charge >= 0.3 is 0 Å². The van der Waals surface area contributed by atoms with Crippen LogP contribution < -0.4 is 11.5 Å². The number of rotatable bonds is 0. The van der Waals surface area contributed by atoms with Gasteiger partial charge in [0.05, 0.1) is 11.6 Å². The minimum Gasteiger partial charge on any atom is -0.383 e. The third kappa shape index (κ3) is 4.57. The summed E-state index contributed by atoms with van der Waals surface area (Å²) < 4.78 is 25.9. The second-order valence-electron chi connectivity index (χ2n) is 3.07. The van der Waals surface area contributed by atoms with Gasteiger partial charge in [0.25, 0.3) is 10.1 Å². The quantitative estimate of drug-likeness (QED) is 0.545. The fraction of sp³-hybridized carbons (Fsp3) is 0.125. The van der Waals surface area contributed by atoms with Gasteiger partial charge in [-0.25, -0.2) is 4.98 Å². The number of nitrogens with zero attached hydrogens (tertiary/aromatic N) is 3. The van der Waals surface area contributed by atoms with Crippen molar-refractivity contribution in [3.8, 4) is 0 Å². The molecule has 2 heterocycles. The standard InChI is InChI=1S/C7H7N5.CH4O3S/c8-5-4-2-1-3-10-6(4)12-7(9)11-5;1-5(2,3)4/h1-3H,(H4,8,9,10,11,12);1H3,(H,2,3,4). The Labute approximate surface area is 97.5 Å². The van der Waals surface area contributed by atoms with Crippen molar-refractivity contribution < 1.29 is 13.0 Å². The molecule has 0 radical (unpaired) electrons. The molecular weight excluding hydrogens is 246 g/mol. The number of nitrogen functional groups attached to an aromatic ring is 2. The second-order valence-corrected chi connectivity index (χ2v) is 4.54. The fourth-order valence-corrected chi connectivity index (χ4v) is 1.00. The van der Waals surface area contributed by atoms with E-state index in [1.807, 2.05) is 0 Å². The van der Waals surface area contributed by atoms with Crippen molar-refractivity contribution in [3.05, 3.63) is 18.3 Å². The van der Waals surface area contributed by atoms with E-state index in [9.17, 15) is 8.42 Å². The van der Waals surface area contributed by atoms with E-state index < -0.39 is 10.1 Å². The van der Waals surface area contributed by atoms with Gasteiger partial charge in [-0.1, -0.05) is 0 Å². The van der Waals surface area contributed by atoms with Crippen molar-refractivity contribution in [2.24, 2.45) is 0 Å². The molecule has 0 aliphatic carbocycles. The van der Waals surface area contributed by atoms with Crippen LogP contribution in [0.3, 0.4) is 0 Å². The van der Waals surface area contributed by atoms with Gasteiger partial charge < -0.3 is 11.5 Å². The Bertz CT molecular complexity index is 620. The third-order valence-corrected chi connectivity index (χ3v) is 1.52. The van der Waals surface area contributed by atoms with Gasteiger partial charge in [-0.3, -0.25) is 4.55 Å².